The molecule has 0 fully saturated rings. The van der Waals surface area contributed by atoms with Crippen LogP contribution in [0.5, 0.6) is 0 Å². The molecule has 2 rings (SSSR count). The van der Waals surface area contributed by atoms with E-state index in [2.05, 4.69) is 6.08 Å². The van der Waals surface area contributed by atoms with Crippen LogP contribution in [0.15, 0.2) is 34.4 Å². The first-order valence-corrected chi connectivity index (χ1v) is 6.41. The van der Waals surface area contributed by atoms with Gasteiger partial charge < -0.3 is 9.84 Å². The van der Waals surface area contributed by atoms with E-state index in [-0.39, 0.29) is 12.1 Å². The van der Waals surface area contributed by atoms with E-state index in [0.29, 0.717) is 18.4 Å². The van der Waals surface area contributed by atoms with Gasteiger partial charge in [0.2, 0.25) is 0 Å². The van der Waals surface area contributed by atoms with E-state index >= 15 is 0 Å². The van der Waals surface area contributed by atoms with Crippen LogP contribution in [0.3, 0.4) is 0 Å². The van der Waals surface area contributed by atoms with Gasteiger partial charge in [-0.3, -0.25) is 0 Å². The molecule has 2 aliphatic rings. The third-order valence-corrected chi connectivity index (χ3v) is 3.41. The quantitative estimate of drug-likeness (QED) is 0.617. The Morgan fingerprint density at radius 2 is 2.28 bits per heavy atom. The van der Waals surface area contributed by atoms with Crippen LogP contribution in [0.25, 0.3) is 0 Å². The molecule has 0 aromatic heterocycles. The number of allylic oxidation sites excluding steroid dienone is 2. The summed E-state index contributed by atoms with van der Waals surface area (Å²) in [7, 11) is 0. The molecule has 2 atom stereocenters. The summed E-state index contributed by atoms with van der Waals surface area (Å²) in [6.07, 6.45) is 5.21. The Kier molecular flexibility index (Phi) is 3.71. The van der Waals surface area contributed by atoms with Gasteiger partial charge in [0, 0.05) is 17.6 Å². The van der Waals surface area contributed by atoms with Gasteiger partial charge in [-0.25, -0.2) is 4.79 Å². The van der Waals surface area contributed by atoms with Crippen molar-refractivity contribution in [3.8, 4) is 0 Å². The lowest BCUT2D eigenvalue weighted by Gasteiger charge is -2.23. The summed E-state index contributed by atoms with van der Waals surface area (Å²) in [4.78, 5) is 11.8. The minimum atomic E-state index is -0.656. The van der Waals surface area contributed by atoms with E-state index in [1.165, 1.54) is 5.57 Å². The van der Waals surface area contributed by atoms with Crippen molar-refractivity contribution < 1.29 is 14.6 Å². The highest BCUT2D eigenvalue weighted by atomic mass is 16.5. The minimum absolute atomic E-state index is 0.237. The zero-order valence-corrected chi connectivity index (χ0v) is 11.2. The molecular weight excluding hydrogens is 228 g/mol. The second-order valence-electron chi connectivity index (χ2n) is 5.31. The highest BCUT2D eigenvalue weighted by Gasteiger charge is 2.38. The third-order valence-electron chi connectivity index (χ3n) is 3.41. The normalized spacial score (nSPS) is 26.7. The summed E-state index contributed by atoms with van der Waals surface area (Å²) in [5, 5.41) is 10.1. The van der Waals surface area contributed by atoms with Crippen LogP contribution in [-0.2, 0) is 9.53 Å². The van der Waals surface area contributed by atoms with Crippen LogP contribution in [0.2, 0.25) is 0 Å². The largest absolute Gasteiger partial charge is 0.454 e. The zero-order chi connectivity index (χ0) is 13.3. The molecule has 3 nitrogen and oxygen atoms in total. The monoisotopic (exact) mass is 248 g/mol. The maximum absolute atomic E-state index is 11.8. The van der Waals surface area contributed by atoms with Crippen molar-refractivity contribution in [2.45, 2.75) is 52.2 Å². The van der Waals surface area contributed by atoms with Crippen molar-refractivity contribution in [3.63, 3.8) is 0 Å². The first kappa shape index (κ1) is 13.1. The SMILES string of the molecule is CC(C)=CCCC1=C2[C@H](O)C=C(C)C[C@@H]2OC1=O. The molecule has 1 aliphatic heterocycles. The first-order valence-electron chi connectivity index (χ1n) is 6.41. The summed E-state index contributed by atoms with van der Waals surface area (Å²) in [5.41, 5.74) is 3.78. The number of ether oxygens (including phenoxy) is 1. The fourth-order valence-corrected chi connectivity index (χ4v) is 2.57. The number of aliphatic hydroxyl groups excluding tert-OH is 1. The molecule has 0 amide bonds. The first-order chi connectivity index (χ1) is 8.49. The summed E-state index contributed by atoms with van der Waals surface area (Å²) in [6, 6.07) is 0. The second kappa shape index (κ2) is 5.11. The number of rotatable bonds is 3. The average molecular weight is 248 g/mol. The molecule has 1 heterocycles. The van der Waals surface area contributed by atoms with Gasteiger partial charge >= 0.3 is 5.97 Å². The van der Waals surface area contributed by atoms with E-state index in [9.17, 15) is 9.90 Å². The Hall–Kier alpha value is -1.35. The molecule has 0 bridgehead atoms. The van der Waals surface area contributed by atoms with Crippen LogP contribution in [0.1, 0.15) is 40.0 Å². The predicted octanol–water partition coefficient (Wildman–Crippen LogP) is 2.67. The van der Waals surface area contributed by atoms with E-state index in [4.69, 9.17) is 4.74 Å². The number of fused-ring (bicyclic) bond motifs is 1. The van der Waals surface area contributed by atoms with E-state index < -0.39 is 6.10 Å². The summed E-state index contributed by atoms with van der Waals surface area (Å²) in [6.45, 7) is 6.03. The summed E-state index contributed by atoms with van der Waals surface area (Å²) >= 11 is 0. The molecule has 1 aliphatic carbocycles. The number of hydrogen-bond acceptors (Lipinski definition) is 3. The van der Waals surface area contributed by atoms with E-state index in [1.807, 2.05) is 26.8 Å². The minimum Gasteiger partial charge on any atom is -0.454 e. The van der Waals surface area contributed by atoms with Crippen LogP contribution in [-0.4, -0.2) is 23.3 Å². The third kappa shape index (κ3) is 2.56. The molecule has 3 heteroatoms. The number of hydrogen-bond donors (Lipinski definition) is 1. The predicted molar refractivity (Wildman–Crippen MR) is 70.0 cm³/mol. The Balaban J connectivity index is 2.20. The Morgan fingerprint density at radius 3 is 2.94 bits per heavy atom. The van der Waals surface area contributed by atoms with Crippen LogP contribution < -0.4 is 0 Å². The number of esters is 1. The molecule has 0 unspecified atom stereocenters. The van der Waals surface area contributed by atoms with Crippen molar-refractivity contribution in [3.05, 3.63) is 34.4 Å². The van der Waals surface area contributed by atoms with Crippen LogP contribution >= 0.6 is 0 Å². The van der Waals surface area contributed by atoms with Crippen molar-refractivity contribution in [2.24, 2.45) is 0 Å². The zero-order valence-electron chi connectivity index (χ0n) is 11.2. The Morgan fingerprint density at radius 1 is 1.56 bits per heavy atom. The summed E-state index contributed by atoms with van der Waals surface area (Å²) in [5.74, 6) is -0.251. The Bertz CT molecular complexity index is 450. The molecule has 1 N–H and O–H groups in total. The fourth-order valence-electron chi connectivity index (χ4n) is 2.57. The lowest BCUT2D eigenvalue weighted by atomic mass is 9.87. The van der Waals surface area contributed by atoms with Crippen LogP contribution in [0, 0.1) is 0 Å². The van der Waals surface area contributed by atoms with Crippen LogP contribution in [0.4, 0.5) is 0 Å². The molecule has 0 spiro atoms. The molecule has 98 valence electrons. The molecule has 18 heavy (non-hydrogen) atoms. The van der Waals surface area contributed by atoms with Crippen molar-refractivity contribution in [1.29, 1.82) is 0 Å². The fraction of sp³-hybridized carbons (Fsp3) is 0.533. The number of carbonyl (C=O) groups is 1. The topological polar surface area (TPSA) is 46.5 Å². The van der Waals surface area contributed by atoms with Crippen molar-refractivity contribution >= 4 is 5.97 Å². The van der Waals surface area contributed by atoms with E-state index in [0.717, 1.165) is 17.6 Å². The lowest BCUT2D eigenvalue weighted by Crippen LogP contribution is -2.24. The van der Waals surface area contributed by atoms with Gasteiger partial charge in [0.15, 0.2) is 0 Å². The van der Waals surface area contributed by atoms with Gasteiger partial charge in [-0.1, -0.05) is 23.3 Å². The molecule has 0 saturated heterocycles. The number of carbonyl (C=O) groups excluding carboxylic acids is 1. The molecule has 0 aromatic carbocycles. The van der Waals surface area contributed by atoms with Crippen molar-refractivity contribution in [2.75, 3.05) is 0 Å². The Labute approximate surface area is 108 Å². The van der Waals surface area contributed by atoms with Gasteiger partial charge in [-0.05, 0) is 33.6 Å². The molecule has 0 radical (unpaired) electrons. The second-order valence-corrected chi connectivity index (χ2v) is 5.31. The maximum Gasteiger partial charge on any atom is 0.334 e. The molecular formula is C15H20O3. The standard InChI is InChI=1S/C15H20O3/c1-9(2)5-4-6-11-14-12(16)7-10(3)8-13(14)18-15(11)17/h5,7,12-13,16H,4,6,8H2,1-3H3/t12-,13+/m1/s1. The van der Waals surface area contributed by atoms with Gasteiger partial charge in [-0.15, -0.1) is 0 Å². The number of aliphatic hydroxyl groups is 1. The molecule has 0 saturated carbocycles. The smallest absolute Gasteiger partial charge is 0.334 e. The average Bonchev–Trinajstić information content (AvgIpc) is 2.54. The van der Waals surface area contributed by atoms with Crippen molar-refractivity contribution in [1.82, 2.24) is 0 Å². The lowest BCUT2D eigenvalue weighted by molar-refractivity contribution is -0.140. The van der Waals surface area contributed by atoms with Gasteiger partial charge in [0.05, 0.1) is 6.10 Å². The van der Waals surface area contributed by atoms with Gasteiger partial charge in [-0.2, -0.15) is 0 Å². The summed E-state index contributed by atoms with van der Waals surface area (Å²) < 4.78 is 5.34. The van der Waals surface area contributed by atoms with Gasteiger partial charge in [0.1, 0.15) is 6.10 Å². The maximum atomic E-state index is 11.8. The highest BCUT2D eigenvalue weighted by molar-refractivity contribution is 5.93. The van der Waals surface area contributed by atoms with Gasteiger partial charge in [0.25, 0.3) is 0 Å². The highest BCUT2D eigenvalue weighted by Crippen LogP contribution is 2.36. The van der Waals surface area contributed by atoms with E-state index in [1.54, 1.807) is 0 Å². The molecule has 0 aromatic rings.